The molecule has 0 bridgehead atoms. The van der Waals surface area contributed by atoms with Gasteiger partial charge in [-0.3, -0.25) is 57.6 Å². The third-order valence-electron chi connectivity index (χ3n) is 17.1. The van der Waals surface area contributed by atoms with Crippen LogP contribution in [0.15, 0.2) is 24.8 Å². The number of rotatable bonds is 15. The van der Waals surface area contributed by atoms with Gasteiger partial charge in [-0.2, -0.15) is 0 Å². The number of fused-ring (bicyclic) bond motifs is 1. The highest BCUT2D eigenvalue weighted by atomic mass is 16.5. The molecule has 11 amide bonds. The molecule has 0 aromatic rings. The summed E-state index contributed by atoms with van der Waals surface area (Å²) in [7, 11) is 9.87. The molecule has 0 aromatic heterocycles. The molecule has 0 spiro atoms. The first-order chi connectivity index (χ1) is 41.1. The normalized spacial score (nSPS) is 28.6. The molecule has 14 atom stereocenters. The fourth-order valence-electron chi connectivity index (χ4n) is 11.7. The van der Waals surface area contributed by atoms with Gasteiger partial charge in [0, 0.05) is 49.3 Å². The van der Waals surface area contributed by atoms with Gasteiger partial charge in [-0.15, -0.1) is 0 Å². The van der Waals surface area contributed by atoms with E-state index in [1.165, 1.54) is 93.8 Å². The summed E-state index contributed by atoms with van der Waals surface area (Å²) in [5.74, 6) is -10.1. The van der Waals surface area contributed by atoms with Gasteiger partial charge in [-0.25, -0.2) is 0 Å². The minimum absolute atomic E-state index is 0.125. The van der Waals surface area contributed by atoms with E-state index in [0.717, 1.165) is 14.7 Å². The second kappa shape index (κ2) is 34.7. The molecule has 0 radical (unpaired) electrons. The molecule has 2 fully saturated rings. The molecule has 89 heavy (non-hydrogen) atoms. The van der Waals surface area contributed by atoms with E-state index in [4.69, 9.17) is 4.74 Å². The maximum absolute atomic E-state index is 15.7. The molecular formula is C65H113N11O13. The van der Waals surface area contributed by atoms with E-state index >= 15 is 19.2 Å². The molecule has 24 nitrogen and oxygen atoms in total. The predicted octanol–water partition coefficient (Wildman–Crippen LogP) is 3.50. The topological polar surface area (TPSA) is 279 Å². The fourth-order valence-corrected chi connectivity index (χ4v) is 11.7. The Morgan fingerprint density at radius 1 is 0.506 bits per heavy atom. The van der Waals surface area contributed by atoms with E-state index in [1.807, 2.05) is 55.4 Å². The first kappa shape index (κ1) is 78.7. The highest BCUT2D eigenvalue weighted by molar-refractivity contribution is 6.00. The summed E-state index contributed by atoms with van der Waals surface area (Å²) in [6, 6.07) is -12.8. The largest absolute Gasteiger partial charge is 0.390 e. The number of carbonyl (C=O) groups excluding carboxylic acids is 11. The van der Waals surface area contributed by atoms with Gasteiger partial charge in [0.05, 0.1) is 18.8 Å². The van der Waals surface area contributed by atoms with Crippen LogP contribution in [0, 0.1) is 41.4 Å². The number of nitrogens with zero attached hydrogens (tertiary/aromatic N) is 8. The van der Waals surface area contributed by atoms with E-state index in [-0.39, 0.29) is 55.8 Å². The number of hydrogen-bond donors (Lipinski definition) is 4. The van der Waals surface area contributed by atoms with Crippen LogP contribution in [-0.2, 0) is 57.5 Å². The molecule has 0 saturated carbocycles. The molecule has 4 N–H and O–H groups in total. The monoisotopic (exact) mass is 1260 g/mol. The van der Waals surface area contributed by atoms with Gasteiger partial charge >= 0.3 is 0 Å². The Kier molecular flexibility index (Phi) is 30.7. The van der Waals surface area contributed by atoms with E-state index < -0.39 is 168 Å². The van der Waals surface area contributed by atoms with Crippen LogP contribution >= 0.6 is 0 Å². The van der Waals surface area contributed by atoms with Gasteiger partial charge in [-0.05, 0) is 107 Å². The molecule has 0 aliphatic carbocycles. The first-order valence-corrected chi connectivity index (χ1v) is 31.8. The molecule has 24 heteroatoms. The number of allylic oxidation sites excluding steroid dienone is 2. The number of aliphatic hydroxyl groups is 1. The Hall–Kier alpha value is -6.43. The van der Waals surface area contributed by atoms with Gasteiger partial charge in [-0.1, -0.05) is 109 Å². The van der Waals surface area contributed by atoms with Crippen molar-refractivity contribution in [3.63, 3.8) is 0 Å². The predicted molar refractivity (Wildman–Crippen MR) is 341 cm³/mol. The SMILES string of the molecule is C=CC1OC(C)C2C(=O)N(C)CC(=O)N(C)[C@@H](CC(C)C)C(=O)N[C@@H](C(C)C)C(=O)N(C)[C@@H](CC(C)C)C(=O)N[C@@H](C)C(=O)N[C@H](C)C(=O)N(C)[C@@H](CC(C)C)C(=O)N(C)[C@@H](CC(C)C)C(=O)N(C)[C@@H](C(C)C)C(=O)N(C)[C@@H]([C@H](O)[C@H](C)C/C=C/C)C(=O)N12. The summed E-state index contributed by atoms with van der Waals surface area (Å²) in [6.45, 7) is 33.0. The van der Waals surface area contributed by atoms with Crippen LogP contribution in [0.4, 0.5) is 0 Å². The standard InChI is InChI=1S/C65H113N11O13/c1-26-28-29-41(15)55(78)54-65(88)76-50(27-2)89-44(18)53(76)63(86)69(19)34-49(77)70(20)45(30-35(3)4)58(81)68-51(39(11)12)62(85)71(21)46(31-36(5)6)57(80)66-42(16)56(79)67-43(17)59(82)72(22)47(32-37(7)8)60(83)73(23)48(33-38(9)10)61(84)74(24)52(40(13)14)64(87)75(54)25/h26-28,35-48,50-55,78H,2,29-34H2,1,3-25H3,(H,66,80)(H,67,79)(H,68,81)/b28-26+/t41-,42+,43-,44?,45+,46+,47+,48+,50?,51+,52+,53?,54+,55-/m1/s1. The lowest BCUT2D eigenvalue weighted by atomic mass is 9.91. The van der Waals surface area contributed by atoms with Crippen molar-refractivity contribution in [3.05, 3.63) is 24.8 Å². The minimum Gasteiger partial charge on any atom is -0.390 e. The van der Waals surface area contributed by atoms with Gasteiger partial charge in [0.1, 0.15) is 60.4 Å². The van der Waals surface area contributed by atoms with Gasteiger partial charge in [0.25, 0.3) is 5.91 Å². The lowest BCUT2D eigenvalue weighted by Gasteiger charge is -2.42. The third kappa shape index (κ3) is 20.3. The second-order valence-corrected chi connectivity index (χ2v) is 27.3. The molecule has 2 rings (SSSR count). The zero-order valence-electron chi connectivity index (χ0n) is 58.2. The number of likely N-dealkylation sites (N-methyl/N-ethyl adjacent to an activating group) is 7. The third-order valence-corrected chi connectivity index (χ3v) is 17.1. The van der Waals surface area contributed by atoms with Crippen LogP contribution in [-0.4, -0.2) is 244 Å². The van der Waals surface area contributed by atoms with Crippen molar-refractivity contribution in [1.82, 2.24) is 55.1 Å². The van der Waals surface area contributed by atoms with E-state index in [1.54, 1.807) is 60.6 Å². The Morgan fingerprint density at radius 3 is 1.39 bits per heavy atom. The van der Waals surface area contributed by atoms with Crippen LogP contribution in [0.2, 0.25) is 0 Å². The zero-order valence-corrected chi connectivity index (χ0v) is 58.2. The van der Waals surface area contributed by atoms with Crippen molar-refractivity contribution < 1.29 is 62.6 Å². The van der Waals surface area contributed by atoms with Crippen LogP contribution in [0.3, 0.4) is 0 Å². The van der Waals surface area contributed by atoms with Gasteiger partial charge < -0.3 is 60.1 Å². The lowest BCUT2D eigenvalue weighted by Crippen LogP contribution is -2.64. The molecule has 2 aliphatic heterocycles. The lowest BCUT2D eigenvalue weighted by molar-refractivity contribution is -0.161. The Bertz CT molecular complexity index is 2520. The molecule has 0 aromatic carbocycles. The molecule has 506 valence electrons. The maximum atomic E-state index is 15.7. The van der Waals surface area contributed by atoms with E-state index in [0.29, 0.717) is 0 Å². The van der Waals surface area contributed by atoms with Crippen molar-refractivity contribution in [1.29, 1.82) is 0 Å². The van der Waals surface area contributed by atoms with Gasteiger partial charge in [0.2, 0.25) is 59.1 Å². The van der Waals surface area contributed by atoms with Crippen molar-refractivity contribution in [2.45, 2.75) is 229 Å². The highest BCUT2D eigenvalue weighted by Gasteiger charge is 2.53. The number of carbonyl (C=O) groups is 11. The molecule has 2 saturated heterocycles. The Labute approximate surface area is 531 Å². The average Bonchev–Trinajstić information content (AvgIpc) is 3.69. The van der Waals surface area contributed by atoms with Crippen molar-refractivity contribution >= 4 is 65.0 Å². The summed E-state index contributed by atoms with van der Waals surface area (Å²) >= 11 is 0. The van der Waals surface area contributed by atoms with Crippen molar-refractivity contribution in [2.75, 3.05) is 55.9 Å². The number of aliphatic hydroxyl groups excluding tert-OH is 1. The van der Waals surface area contributed by atoms with Crippen molar-refractivity contribution in [3.8, 4) is 0 Å². The molecule has 2 aliphatic rings. The van der Waals surface area contributed by atoms with Crippen LogP contribution in [0.25, 0.3) is 0 Å². The molecule has 3 unspecified atom stereocenters. The Balaban J connectivity index is 3.08. The second-order valence-electron chi connectivity index (χ2n) is 27.3. The summed E-state index contributed by atoms with van der Waals surface area (Å²) in [5.41, 5.74) is 0. The maximum Gasteiger partial charge on any atom is 0.251 e. The van der Waals surface area contributed by atoms with Crippen LogP contribution in [0.1, 0.15) is 150 Å². The van der Waals surface area contributed by atoms with Crippen molar-refractivity contribution in [2.24, 2.45) is 41.4 Å². The summed E-state index contributed by atoms with van der Waals surface area (Å²) in [4.78, 5) is 172. The first-order valence-electron chi connectivity index (χ1n) is 31.8. The summed E-state index contributed by atoms with van der Waals surface area (Å²) in [5, 5.41) is 20.7. The summed E-state index contributed by atoms with van der Waals surface area (Å²) in [6.07, 6.45) is 1.84. The number of ether oxygens (including phenoxy) is 1. The van der Waals surface area contributed by atoms with Crippen LogP contribution < -0.4 is 16.0 Å². The van der Waals surface area contributed by atoms with E-state index in [2.05, 4.69) is 22.5 Å². The highest BCUT2D eigenvalue weighted by Crippen LogP contribution is 2.31. The zero-order chi connectivity index (χ0) is 68.7. The Morgan fingerprint density at radius 2 is 0.933 bits per heavy atom. The fraction of sp³-hybridized carbons (Fsp3) is 0.769. The number of hydrogen-bond acceptors (Lipinski definition) is 13. The minimum atomic E-state index is -1.71. The van der Waals surface area contributed by atoms with Gasteiger partial charge in [0.15, 0.2) is 6.23 Å². The van der Waals surface area contributed by atoms with Crippen LogP contribution in [0.5, 0.6) is 0 Å². The average molecular weight is 1260 g/mol. The molecule has 2 heterocycles. The smallest absolute Gasteiger partial charge is 0.251 e. The number of amides is 11. The quantitative estimate of drug-likeness (QED) is 0.171. The van der Waals surface area contributed by atoms with E-state index in [9.17, 15) is 38.7 Å². The number of nitrogens with one attached hydrogen (secondary N) is 3. The summed E-state index contributed by atoms with van der Waals surface area (Å²) < 4.78 is 6.20. The molecular weight excluding hydrogens is 1140 g/mol.